The highest BCUT2D eigenvalue weighted by atomic mass is 35.5. The molecule has 4 rings (SSSR count). The molecule has 120 valence electrons. The van der Waals surface area contributed by atoms with Gasteiger partial charge in [-0.2, -0.15) is 0 Å². The first-order valence-corrected chi connectivity index (χ1v) is 8.49. The van der Waals surface area contributed by atoms with Crippen molar-refractivity contribution in [2.24, 2.45) is 0 Å². The first-order valence-electron chi connectivity index (χ1n) is 7.29. The monoisotopic (exact) mass is 357 g/mol. The van der Waals surface area contributed by atoms with Crippen molar-refractivity contribution < 1.29 is 0 Å². The quantitative estimate of drug-likeness (QED) is 0.549. The molecule has 24 heavy (non-hydrogen) atoms. The van der Waals surface area contributed by atoms with Gasteiger partial charge in [0.2, 0.25) is 0 Å². The van der Waals surface area contributed by atoms with Gasteiger partial charge in [0, 0.05) is 16.8 Å². The van der Waals surface area contributed by atoms with Crippen molar-refractivity contribution in [3.8, 4) is 0 Å². The Bertz CT molecular complexity index is 1090. The summed E-state index contributed by atoms with van der Waals surface area (Å²) in [7, 11) is 0. The van der Waals surface area contributed by atoms with Crippen LogP contribution in [-0.4, -0.2) is 15.0 Å². The third-order valence-electron chi connectivity index (χ3n) is 3.99. The summed E-state index contributed by atoms with van der Waals surface area (Å²) in [4.78, 5) is 34.3. The number of hydrogen-bond donors (Lipinski definition) is 2. The number of H-pyrrole nitrogens is 2. The Morgan fingerprint density at radius 1 is 1.21 bits per heavy atom. The van der Waals surface area contributed by atoms with E-state index in [0.29, 0.717) is 10.6 Å². The molecular formula is C17H12ClN3O2S. The second-order valence-corrected chi connectivity index (χ2v) is 7.22. The van der Waals surface area contributed by atoms with Crippen LogP contribution in [0.4, 0.5) is 0 Å². The fourth-order valence-electron chi connectivity index (χ4n) is 3.00. The number of fused-ring (bicyclic) bond motifs is 2. The number of halogens is 1. The smallest absolute Gasteiger partial charge is 0.314 e. The van der Waals surface area contributed by atoms with Gasteiger partial charge in [-0.15, -0.1) is 11.3 Å². The minimum Gasteiger partial charge on any atom is -0.314 e. The molecule has 0 amide bonds. The van der Waals surface area contributed by atoms with Gasteiger partial charge in [0.25, 0.3) is 5.56 Å². The lowest BCUT2D eigenvalue weighted by Gasteiger charge is -2.17. The molecule has 0 spiro atoms. The summed E-state index contributed by atoms with van der Waals surface area (Å²) in [6.45, 7) is 1.93. The fraction of sp³-hybridized carbons (Fsp3) is 0.118. The maximum atomic E-state index is 12.4. The fourth-order valence-corrected chi connectivity index (χ4v) is 4.05. The van der Waals surface area contributed by atoms with Gasteiger partial charge < -0.3 is 4.98 Å². The molecule has 2 heterocycles. The van der Waals surface area contributed by atoms with Crippen molar-refractivity contribution in [2.45, 2.75) is 12.8 Å². The number of benzene rings is 1. The molecule has 1 aliphatic rings. The predicted octanol–water partition coefficient (Wildman–Crippen LogP) is 3.15. The minimum atomic E-state index is -0.526. The van der Waals surface area contributed by atoms with E-state index < -0.39 is 11.2 Å². The van der Waals surface area contributed by atoms with Crippen LogP contribution in [0.1, 0.15) is 38.2 Å². The van der Waals surface area contributed by atoms with E-state index in [9.17, 15) is 9.59 Å². The van der Waals surface area contributed by atoms with E-state index in [2.05, 4.69) is 15.0 Å². The van der Waals surface area contributed by atoms with Crippen LogP contribution >= 0.6 is 22.9 Å². The van der Waals surface area contributed by atoms with Crippen molar-refractivity contribution in [2.75, 3.05) is 0 Å². The van der Waals surface area contributed by atoms with Crippen molar-refractivity contribution in [3.63, 3.8) is 0 Å². The number of hydrogen-bond acceptors (Lipinski definition) is 4. The standard InChI is InChI=1S/C17H12ClN3O2S/c1-8-20-15-13(24-8)5-2-9-6-10(18)3-4-11(9)14(15)12-7-19-17(23)21-16(12)22/h2-7,14H,1H3,(H2,19,21,22,23). The summed E-state index contributed by atoms with van der Waals surface area (Å²) in [6, 6.07) is 5.57. The van der Waals surface area contributed by atoms with Crippen LogP contribution in [0.3, 0.4) is 0 Å². The summed E-state index contributed by atoms with van der Waals surface area (Å²) in [5, 5.41) is 1.55. The van der Waals surface area contributed by atoms with Crippen LogP contribution in [0.5, 0.6) is 0 Å². The molecule has 0 fully saturated rings. The number of thiazole rings is 1. The average Bonchev–Trinajstić information content (AvgIpc) is 2.83. The van der Waals surface area contributed by atoms with Gasteiger partial charge in [-0.05, 0) is 36.3 Å². The van der Waals surface area contributed by atoms with E-state index >= 15 is 0 Å². The van der Waals surface area contributed by atoms with Crippen LogP contribution in [0, 0.1) is 6.92 Å². The zero-order chi connectivity index (χ0) is 16.8. The number of rotatable bonds is 1. The van der Waals surface area contributed by atoms with E-state index in [1.807, 2.05) is 31.2 Å². The van der Waals surface area contributed by atoms with E-state index in [0.717, 1.165) is 26.7 Å². The SMILES string of the molecule is Cc1nc2c(s1)C=Cc1cc(Cl)ccc1C2c1c[nH]c(=O)[nH]c1=O. The first-order chi connectivity index (χ1) is 11.5. The van der Waals surface area contributed by atoms with Crippen molar-refractivity contribution in [1.82, 2.24) is 15.0 Å². The van der Waals surface area contributed by atoms with E-state index in [1.165, 1.54) is 6.20 Å². The van der Waals surface area contributed by atoms with Crippen molar-refractivity contribution in [3.05, 3.63) is 82.5 Å². The Morgan fingerprint density at radius 2 is 2.04 bits per heavy atom. The number of aromatic amines is 2. The highest BCUT2D eigenvalue weighted by Gasteiger charge is 2.28. The van der Waals surface area contributed by atoms with Crippen LogP contribution in [0.15, 0.2) is 34.0 Å². The molecule has 0 bridgehead atoms. The Hall–Kier alpha value is -2.44. The van der Waals surface area contributed by atoms with Gasteiger partial charge in [-0.1, -0.05) is 23.7 Å². The molecule has 2 aromatic heterocycles. The molecule has 1 aliphatic carbocycles. The van der Waals surface area contributed by atoms with Gasteiger partial charge in [0.1, 0.15) is 0 Å². The lowest BCUT2D eigenvalue weighted by atomic mass is 9.87. The highest BCUT2D eigenvalue weighted by Crippen LogP contribution is 2.40. The summed E-state index contributed by atoms with van der Waals surface area (Å²) in [6.07, 6.45) is 5.45. The van der Waals surface area contributed by atoms with E-state index in [-0.39, 0.29) is 5.92 Å². The molecule has 5 nitrogen and oxygen atoms in total. The molecule has 2 N–H and O–H groups in total. The molecule has 7 heteroatoms. The molecule has 0 saturated carbocycles. The Labute approximate surface area is 145 Å². The number of nitrogens with one attached hydrogen (secondary N) is 2. The van der Waals surface area contributed by atoms with Crippen LogP contribution in [0.2, 0.25) is 5.02 Å². The van der Waals surface area contributed by atoms with Gasteiger partial charge in [-0.3, -0.25) is 9.78 Å². The zero-order valence-electron chi connectivity index (χ0n) is 12.6. The summed E-state index contributed by atoms with van der Waals surface area (Å²) in [5.74, 6) is -0.368. The molecule has 1 atom stereocenters. The normalized spacial score (nSPS) is 15.7. The number of aryl methyl sites for hydroxylation is 1. The Kier molecular flexibility index (Phi) is 3.51. The number of aromatic nitrogens is 3. The van der Waals surface area contributed by atoms with Gasteiger partial charge in [0.05, 0.1) is 21.5 Å². The van der Waals surface area contributed by atoms with Crippen LogP contribution in [-0.2, 0) is 0 Å². The average molecular weight is 358 g/mol. The molecule has 0 radical (unpaired) electrons. The van der Waals surface area contributed by atoms with Crippen LogP contribution in [0.25, 0.3) is 12.2 Å². The Morgan fingerprint density at radius 3 is 2.83 bits per heavy atom. The maximum absolute atomic E-state index is 12.4. The summed E-state index contributed by atoms with van der Waals surface area (Å²) in [5.41, 5.74) is 2.18. The maximum Gasteiger partial charge on any atom is 0.325 e. The summed E-state index contributed by atoms with van der Waals surface area (Å²) < 4.78 is 0. The molecule has 0 saturated heterocycles. The lowest BCUT2D eigenvalue weighted by Crippen LogP contribution is -2.27. The van der Waals surface area contributed by atoms with Gasteiger partial charge in [0.15, 0.2) is 0 Å². The molecule has 1 aromatic carbocycles. The predicted molar refractivity (Wildman–Crippen MR) is 95.9 cm³/mol. The largest absolute Gasteiger partial charge is 0.325 e. The third kappa shape index (κ3) is 2.44. The van der Waals surface area contributed by atoms with Gasteiger partial charge >= 0.3 is 5.69 Å². The lowest BCUT2D eigenvalue weighted by molar-refractivity contribution is 0.868. The minimum absolute atomic E-state index is 0.368. The number of nitrogens with zero attached hydrogens (tertiary/aromatic N) is 1. The highest BCUT2D eigenvalue weighted by molar-refractivity contribution is 7.12. The van der Waals surface area contributed by atoms with Gasteiger partial charge in [-0.25, -0.2) is 9.78 Å². The third-order valence-corrected chi connectivity index (χ3v) is 5.18. The summed E-state index contributed by atoms with van der Waals surface area (Å²) >= 11 is 7.69. The molecular weight excluding hydrogens is 346 g/mol. The second kappa shape index (κ2) is 5.58. The molecule has 1 unspecified atom stereocenters. The van der Waals surface area contributed by atoms with E-state index in [1.54, 1.807) is 17.4 Å². The van der Waals surface area contributed by atoms with E-state index in [4.69, 9.17) is 11.6 Å². The Balaban J connectivity index is 2.06. The zero-order valence-corrected chi connectivity index (χ0v) is 14.2. The molecule has 3 aromatic rings. The molecule has 0 aliphatic heterocycles. The van der Waals surface area contributed by atoms with Crippen molar-refractivity contribution >= 4 is 35.1 Å². The second-order valence-electron chi connectivity index (χ2n) is 5.55. The first kappa shape index (κ1) is 15.1. The van der Waals surface area contributed by atoms with Crippen molar-refractivity contribution in [1.29, 1.82) is 0 Å². The van der Waals surface area contributed by atoms with Crippen LogP contribution < -0.4 is 11.2 Å². The topological polar surface area (TPSA) is 78.6 Å².